The van der Waals surface area contributed by atoms with E-state index in [0.717, 1.165) is 5.56 Å². The van der Waals surface area contributed by atoms with Gasteiger partial charge in [-0.15, -0.1) is 0 Å². The van der Waals surface area contributed by atoms with Crippen LogP contribution in [0.25, 0.3) is 22.8 Å². The van der Waals surface area contributed by atoms with Crippen molar-refractivity contribution in [2.75, 3.05) is 5.32 Å². The van der Waals surface area contributed by atoms with Gasteiger partial charge in [-0.3, -0.25) is 14.8 Å². The van der Waals surface area contributed by atoms with Crippen molar-refractivity contribution in [2.24, 2.45) is 0 Å². The van der Waals surface area contributed by atoms with E-state index in [0.29, 0.717) is 35.3 Å². The van der Waals surface area contributed by atoms with E-state index < -0.39 is 0 Å². The quantitative estimate of drug-likeness (QED) is 0.571. The number of pyridine rings is 2. The maximum absolute atomic E-state index is 11.2. The maximum Gasteiger partial charge on any atom is 0.280 e. The number of rotatable bonds is 5. The van der Waals surface area contributed by atoms with Crippen LogP contribution in [0, 0.1) is 0 Å². The molecule has 0 saturated heterocycles. The molecule has 2 N–H and O–H groups in total. The van der Waals surface area contributed by atoms with Gasteiger partial charge in [0, 0.05) is 36.3 Å². The Morgan fingerprint density at radius 2 is 2.00 bits per heavy atom. The lowest BCUT2D eigenvalue weighted by molar-refractivity contribution is 0.383. The van der Waals surface area contributed by atoms with Crippen LogP contribution in [0.5, 0.6) is 0 Å². The van der Waals surface area contributed by atoms with Crippen molar-refractivity contribution in [1.82, 2.24) is 25.1 Å². The molecule has 0 aromatic carbocycles. The fourth-order valence-corrected chi connectivity index (χ4v) is 2.40. The molecule has 0 radical (unpaired) electrons. The molecule has 0 bridgehead atoms. The minimum Gasteiger partial charge on any atom is -0.382 e. The van der Waals surface area contributed by atoms with Crippen molar-refractivity contribution >= 4 is 5.82 Å². The van der Waals surface area contributed by atoms with Gasteiger partial charge in [0.15, 0.2) is 11.6 Å². The Balaban J connectivity index is 1.71. The van der Waals surface area contributed by atoms with Crippen LogP contribution >= 0.6 is 0 Å². The second-order valence-electron chi connectivity index (χ2n) is 5.45. The largest absolute Gasteiger partial charge is 0.382 e. The molecule has 0 spiro atoms. The van der Waals surface area contributed by atoms with E-state index in [1.54, 1.807) is 18.6 Å². The highest BCUT2D eigenvalue weighted by atomic mass is 16.5. The first-order valence-electron chi connectivity index (χ1n) is 7.90. The number of nitrogens with zero attached hydrogens (tertiary/aromatic N) is 4. The first-order valence-corrected chi connectivity index (χ1v) is 7.90. The molecule has 4 heterocycles. The maximum atomic E-state index is 11.2. The summed E-state index contributed by atoms with van der Waals surface area (Å²) < 4.78 is 5.05. The van der Waals surface area contributed by atoms with E-state index in [-0.39, 0.29) is 5.56 Å². The van der Waals surface area contributed by atoms with Crippen LogP contribution in [0.1, 0.15) is 5.76 Å². The van der Waals surface area contributed by atoms with Gasteiger partial charge in [0.2, 0.25) is 0 Å². The van der Waals surface area contributed by atoms with E-state index in [1.165, 1.54) is 6.07 Å². The highest BCUT2D eigenvalue weighted by Crippen LogP contribution is 2.23. The van der Waals surface area contributed by atoms with Gasteiger partial charge in [-0.25, -0.2) is 9.97 Å². The minimum absolute atomic E-state index is 0.283. The van der Waals surface area contributed by atoms with Gasteiger partial charge in [0.05, 0.1) is 12.2 Å². The summed E-state index contributed by atoms with van der Waals surface area (Å²) in [5, 5.41) is 5.40. The molecular formula is C18H14N6O2. The van der Waals surface area contributed by atoms with Crippen LogP contribution in [0.2, 0.25) is 0 Å². The smallest absolute Gasteiger partial charge is 0.280 e. The lowest BCUT2D eigenvalue weighted by Gasteiger charge is -2.09. The predicted octanol–water partition coefficient (Wildman–Crippen LogP) is 2.49. The van der Waals surface area contributed by atoms with Crippen LogP contribution in [-0.4, -0.2) is 25.1 Å². The Labute approximate surface area is 148 Å². The Morgan fingerprint density at radius 1 is 1.04 bits per heavy atom. The molecule has 26 heavy (non-hydrogen) atoms. The third kappa shape index (κ3) is 3.48. The highest BCUT2D eigenvalue weighted by molar-refractivity contribution is 5.65. The summed E-state index contributed by atoms with van der Waals surface area (Å²) in [6, 6.07) is 12.5. The third-order valence-corrected chi connectivity index (χ3v) is 3.60. The number of nitrogens with one attached hydrogen (secondary N) is 2. The SMILES string of the molecule is O=c1cc(CNc2cc(-c3cccnc3)nc(-c3ccccn3)n2)o[nH]1. The first kappa shape index (κ1) is 15.7. The summed E-state index contributed by atoms with van der Waals surface area (Å²) in [6.45, 7) is 0.309. The molecule has 8 heteroatoms. The normalized spacial score (nSPS) is 10.6. The van der Waals surface area contributed by atoms with Crippen molar-refractivity contribution < 1.29 is 4.52 Å². The molecule has 0 aliphatic carbocycles. The summed E-state index contributed by atoms with van der Waals surface area (Å²) in [5.74, 6) is 1.56. The summed E-state index contributed by atoms with van der Waals surface area (Å²) in [6.07, 6.45) is 5.13. The third-order valence-electron chi connectivity index (χ3n) is 3.60. The molecule has 0 fully saturated rings. The highest BCUT2D eigenvalue weighted by Gasteiger charge is 2.10. The van der Waals surface area contributed by atoms with Gasteiger partial charge in [-0.1, -0.05) is 6.07 Å². The number of anilines is 1. The van der Waals surface area contributed by atoms with Gasteiger partial charge in [0.1, 0.15) is 11.5 Å². The van der Waals surface area contributed by atoms with Crippen molar-refractivity contribution in [3.63, 3.8) is 0 Å². The average molecular weight is 346 g/mol. The summed E-state index contributed by atoms with van der Waals surface area (Å²) in [7, 11) is 0. The first-order chi connectivity index (χ1) is 12.8. The number of hydrogen-bond donors (Lipinski definition) is 2. The zero-order valence-electron chi connectivity index (χ0n) is 13.6. The average Bonchev–Trinajstić information content (AvgIpc) is 3.13. The van der Waals surface area contributed by atoms with Crippen molar-refractivity contribution in [1.29, 1.82) is 0 Å². The molecule has 0 saturated carbocycles. The summed E-state index contributed by atoms with van der Waals surface area (Å²) >= 11 is 0. The Kier molecular flexibility index (Phi) is 4.21. The molecule has 0 aliphatic rings. The molecular weight excluding hydrogens is 332 g/mol. The fourth-order valence-electron chi connectivity index (χ4n) is 2.40. The van der Waals surface area contributed by atoms with E-state index in [9.17, 15) is 4.79 Å². The van der Waals surface area contributed by atoms with Crippen LogP contribution in [0.15, 0.2) is 70.4 Å². The Morgan fingerprint density at radius 3 is 2.73 bits per heavy atom. The molecule has 4 rings (SSSR count). The molecule has 0 unspecified atom stereocenters. The van der Waals surface area contributed by atoms with Crippen LogP contribution in [-0.2, 0) is 6.54 Å². The minimum atomic E-state index is -0.283. The topological polar surface area (TPSA) is 110 Å². The van der Waals surface area contributed by atoms with E-state index >= 15 is 0 Å². The Hall–Kier alpha value is -3.81. The fraction of sp³-hybridized carbons (Fsp3) is 0.0556. The van der Waals surface area contributed by atoms with Gasteiger partial charge >= 0.3 is 0 Å². The summed E-state index contributed by atoms with van der Waals surface area (Å²) in [5.41, 5.74) is 1.96. The van der Waals surface area contributed by atoms with E-state index in [1.807, 2.05) is 36.4 Å². The van der Waals surface area contributed by atoms with Gasteiger partial charge in [-0.05, 0) is 24.3 Å². The molecule has 0 atom stereocenters. The molecule has 0 aliphatic heterocycles. The van der Waals surface area contributed by atoms with Gasteiger partial charge < -0.3 is 9.84 Å². The molecule has 8 nitrogen and oxygen atoms in total. The van der Waals surface area contributed by atoms with Gasteiger partial charge in [-0.2, -0.15) is 5.16 Å². The summed E-state index contributed by atoms with van der Waals surface area (Å²) in [4.78, 5) is 28.7. The lowest BCUT2D eigenvalue weighted by atomic mass is 10.2. The van der Waals surface area contributed by atoms with Crippen molar-refractivity contribution in [2.45, 2.75) is 6.54 Å². The van der Waals surface area contributed by atoms with Crippen LogP contribution < -0.4 is 10.9 Å². The molecule has 128 valence electrons. The zero-order chi connectivity index (χ0) is 17.8. The number of hydrogen-bond acceptors (Lipinski definition) is 7. The zero-order valence-corrected chi connectivity index (χ0v) is 13.6. The van der Waals surface area contributed by atoms with Crippen molar-refractivity contribution in [3.8, 4) is 22.8 Å². The monoisotopic (exact) mass is 346 g/mol. The number of aromatic amines is 1. The van der Waals surface area contributed by atoms with E-state index in [2.05, 4.69) is 30.4 Å². The number of aromatic nitrogens is 5. The van der Waals surface area contributed by atoms with Gasteiger partial charge in [0.25, 0.3) is 5.56 Å². The second kappa shape index (κ2) is 6.98. The Bertz CT molecular complexity index is 1000. The van der Waals surface area contributed by atoms with E-state index in [4.69, 9.17) is 4.52 Å². The molecule has 4 aromatic heterocycles. The molecule has 4 aromatic rings. The lowest BCUT2D eigenvalue weighted by Crippen LogP contribution is -2.04. The van der Waals surface area contributed by atoms with Crippen molar-refractivity contribution in [3.05, 3.63) is 77.2 Å². The standard InChI is InChI=1S/C18H14N6O2/c25-17-8-13(26-24-17)11-21-16-9-15(12-4-3-6-19-10-12)22-18(23-16)14-5-1-2-7-20-14/h1-10H,11H2,(H,24,25)(H,21,22,23). The second-order valence-corrected chi connectivity index (χ2v) is 5.45. The van der Waals surface area contributed by atoms with Crippen LogP contribution in [0.4, 0.5) is 5.82 Å². The number of H-pyrrole nitrogens is 1. The van der Waals surface area contributed by atoms with Crippen LogP contribution in [0.3, 0.4) is 0 Å². The molecule has 0 amide bonds. The predicted molar refractivity (Wildman–Crippen MR) is 95.1 cm³/mol.